The van der Waals surface area contributed by atoms with Crippen LogP contribution in [0.3, 0.4) is 0 Å². The summed E-state index contributed by atoms with van der Waals surface area (Å²) in [5.74, 6) is 1.29. The van der Waals surface area contributed by atoms with E-state index in [-0.39, 0.29) is 17.1 Å². The van der Waals surface area contributed by atoms with Crippen molar-refractivity contribution in [2.45, 2.75) is 40.0 Å². The molecule has 1 amide bonds. The van der Waals surface area contributed by atoms with Crippen molar-refractivity contribution in [2.24, 2.45) is 5.41 Å². The van der Waals surface area contributed by atoms with Gasteiger partial charge in [0.2, 0.25) is 0 Å². The Morgan fingerprint density at radius 2 is 1.74 bits per heavy atom. The second-order valence-electron chi connectivity index (χ2n) is 8.52. The molecule has 0 unspecified atom stereocenters. The molecule has 31 heavy (non-hydrogen) atoms. The molecular formula is C26H32N2O3. The Labute approximate surface area is 185 Å². The van der Waals surface area contributed by atoms with Crippen LogP contribution in [0.4, 0.5) is 0 Å². The fourth-order valence-electron chi connectivity index (χ4n) is 4.42. The second kappa shape index (κ2) is 9.38. The maximum absolute atomic E-state index is 12.9. The fraction of sp³-hybridized carbons (Fsp3) is 0.385. The number of aryl methyl sites for hydroxylation is 2. The van der Waals surface area contributed by atoms with E-state index in [0.29, 0.717) is 30.2 Å². The average Bonchev–Trinajstić information content (AvgIpc) is 2.74. The molecule has 1 aliphatic rings. The third-order valence-corrected chi connectivity index (χ3v) is 6.48. The Kier molecular flexibility index (Phi) is 6.84. The zero-order valence-electron chi connectivity index (χ0n) is 19.0. The first-order valence-electron chi connectivity index (χ1n) is 10.7. The standard InChI is InChI=1S/C26H32N2O3/c1-18-15-19(2)24(31-5)16-23(18)25(30)27-21(4)28-13-11-26(12-14-28,20(3)29)17-22-9-7-6-8-10-22/h6-10,15-16H,4,11-14,17H2,1-3,5H3,(H,27,30). The number of carbonyl (C=O) groups excluding carboxylic acids is 2. The lowest BCUT2D eigenvalue weighted by Gasteiger charge is -2.42. The molecule has 1 N–H and O–H groups in total. The second-order valence-corrected chi connectivity index (χ2v) is 8.52. The first-order valence-corrected chi connectivity index (χ1v) is 10.7. The van der Waals surface area contributed by atoms with Crippen molar-refractivity contribution >= 4 is 11.7 Å². The molecule has 0 bridgehead atoms. The summed E-state index contributed by atoms with van der Waals surface area (Å²) in [6.07, 6.45) is 2.23. The van der Waals surface area contributed by atoms with E-state index in [2.05, 4.69) is 28.9 Å². The topological polar surface area (TPSA) is 58.6 Å². The molecule has 0 aromatic heterocycles. The molecule has 1 heterocycles. The van der Waals surface area contributed by atoms with Gasteiger partial charge < -0.3 is 15.0 Å². The SMILES string of the molecule is C=C(NC(=O)c1cc(OC)c(C)cc1C)N1CCC(Cc2ccccc2)(C(C)=O)CC1. The lowest BCUT2D eigenvalue weighted by Crippen LogP contribution is -2.47. The van der Waals surface area contributed by atoms with E-state index in [1.165, 1.54) is 5.56 Å². The number of likely N-dealkylation sites (tertiary alicyclic amines) is 1. The Hall–Kier alpha value is -3.08. The van der Waals surface area contributed by atoms with Crippen molar-refractivity contribution in [2.75, 3.05) is 20.2 Å². The highest BCUT2D eigenvalue weighted by Gasteiger charge is 2.39. The number of methoxy groups -OCH3 is 1. The number of ketones is 1. The van der Waals surface area contributed by atoms with E-state index in [4.69, 9.17) is 4.74 Å². The Bertz CT molecular complexity index is 974. The summed E-state index contributed by atoms with van der Waals surface area (Å²) in [6, 6.07) is 13.9. The number of piperidine rings is 1. The van der Waals surface area contributed by atoms with Gasteiger partial charge in [0.25, 0.3) is 5.91 Å². The fourth-order valence-corrected chi connectivity index (χ4v) is 4.42. The predicted octanol–water partition coefficient (Wildman–Crippen LogP) is 4.43. The number of nitrogens with zero attached hydrogens (tertiary/aromatic N) is 1. The molecule has 164 valence electrons. The summed E-state index contributed by atoms with van der Waals surface area (Å²) < 4.78 is 5.36. The van der Waals surface area contributed by atoms with Crippen LogP contribution in [0.2, 0.25) is 0 Å². The van der Waals surface area contributed by atoms with Gasteiger partial charge in [-0.2, -0.15) is 0 Å². The first-order chi connectivity index (χ1) is 14.8. The lowest BCUT2D eigenvalue weighted by atomic mass is 9.71. The number of Topliss-reactive ketones (excluding diaryl/α,β-unsaturated/α-hetero) is 1. The van der Waals surface area contributed by atoms with Crippen LogP contribution >= 0.6 is 0 Å². The quantitative estimate of drug-likeness (QED) is 0.720. The number of nitrogens with one attached hydrogen (secondary N) is 1. The summed E-state index contributed by atoms with van der Waals surface area (Å²) >= 11 is 0. The minimum atomic E-state index is -0.358. The average molecular weight is 421 g/mol. The minimum Gasteiger partial charge on any atom is -0.496 e. The highest BCUT2D eigenvalue weighted by atomic mass is 16.5. The summed E-state index contributed by atoms with van der Waals surface area (Å²) in [6.45, 7) is 11.0. The van der Waals surface area contributed by atoms with Gasteiger partial charge in [-0.15, -0.1) is 0 Å². The minimum absolute atomic E-state index is 0.200. The van der Waals surface area contributed by atoms with E-state index in [1.807, 2.05) is 38.1 Å². The first kappa shape index (κ1) is 22.6. The largest absolute Gasteiger partial charge is 0.496 e. The van der Waals surface area contributed by atoms with Crippen LogP contribution in [-0.4, -0.2) is 36.8 Å². The van der Waals surface area contributed by atoms with Crippen molar-refractivity contribution in [3.8, 4) is 5.75 Å². The van der Waals surface area contributed by atoms with Gasteiger partial charge in [-0.25, -0.2) is 0 Å². The van der Waals surface area contributed by atoms with Crippen LogP contribution in [0.15, 0.2) is 54.9 Å². The van der Waals surface area contributed by atoms with Gasteiger partial charge >= 0.3 is 0 Å². The monoisotopic (exact) mass is 420 g/mol. The van der Waals surface area contributed by atoms with Gasteiger partial charge in [-0.1, -0.05) is 43.0 Å². The summed E-state index contributed by atoms with van der Waals surface area (Å²) in [5, 5.41) is 2.94. The van der Waals surface area contributed by atoms with Gasteiger partial charge in [-0.3, -0.25) is 9.59 Å². The number of hydrogen-bond donors (Lipinski definition) is 1. The molecule has 0 saturated carbocycles. The zero-order chi connectivity index (χ0) is 22.6. The van der Waals surface area contributed by atoms with Crippen LogP contribution in [-0.2, 0) is 11.2 Å². The lowest BCUT2D eigenvalue weighted by molar-refractivity contribution is -0.129. The van der Waals surface area contributed by atoms with Crippen LogP contribution in [0.5, 0.6) is 5.75 Å². The van der Waals surface area contributed by atoms with E-state index >= 15 is 0 Å². The molecule has 1 aliphatic heterocycles. The van der Waals surface area contributed by atoms with E-state index < -0.39 is 0 Å². The highest BCUT2D eigenvalue weighted by molar-refractivity contribution is 5.97. The number of rotatable bonds is 7. The Balaban J connectivity index is 1.66. The summed E-state index contributed by atoms with van der Waals surface area (Å²) in [4.78, 5) is 27.5. The number of hydrogen-bond acceptors (Lipinski definition) is 4. The van der Waals surface area contributed by atoms with Gasteiger partial charge in [0, 0.05) is 24.1 Å². The van der Waals surface area contributed by atoms with Crippen molar-refractivity contribution in [1.82, 2.24) is 10.2 Å². The summed E-state index contributed by atoms with van der Waals surface area (Å²) in [7, 11) is 1.60. The molecule has 0 atom stereocenters. The predicted molar refractivity (Wildman–Crippen MR) is 123 cm³/mol. The maximum atomic E-state index is 12.9. The van der Waals surface area contributed by atoms with Crippen molar-refractivity contribution < 1.29 is 14.3 Å². The maximum Gasteiger partial charge on any atom is 0.257 e. The molecule has 0 spiro atoms. The molecule has 0 radical (unpaired) electrons. The van der Waals surface area contributed by atoms with Gasteiger partial charge in [0.05, 0.1) is 7.11 Å². The van der Waals surface area contributed by atoms with E-state index in [1.54, 1.807) is 20.1 Å². The highest BCUT2D eigenvalue weighted by Crippen LogP contribution is 2.37. The number of carbonyl (C=O) groups is 2. The molecule has 2 aromatic rings. The van der Waals surface area contributed by atoms with E-state index in [9.17, 15) is 9.59 Å². The van der Waals surface area contributed by atoms with E-state index in [0.717, 1.165) is 30.4 Å². The van der Waals surface area contributed by atoms with Gasteiger partial charge in [0.15, 0.2) is 0 Å². The van der Waals surface area contributed by atoms with Crippen molar-refractivity contribution in [1.29, 1.82) is 0 Å². The zero-order valence-corrected chi connectivity index (χ0v) is 19.0. The molecule has 5 heteroatoms. The van der Waals surface area contributed by atoms with Crippen LogP contribution < -0.4 is 10.1 Å². The third kappa shape index (κ3) is 4.98. The summed E-state index contributed by atoms with van der Waals surface area (Å²) in [5.41, 5.74) is 3.28. The smallest absolute Gasteiger partial charge is 0.257 e. The van der Waals surface area contributed by atoms with Gasteiger partial charge in [0.1, 0.15) is 17.4 Å². The van der Waals surface area contributed by atoms with Crippen LogP contribution in [0.25, 0.3) is 0 Å². The Morgan fingerprint density at radius 3 is 2.32 bits per heavy atom. The number of amides is 1. The molecule has 1 saturated heterocycles. The third-order valence-electron chi connectivity index (χ3n) is 6.48. The van der Waals surface area contributed by atoms with Crippen LogP contribution in [0.1, 0.15) is 46.8 Å². The molecular weight excluding hydrogens is 388 g/mol. The van der Waals surface area contributed by atoms with Gasteiger partial charge in [-0.05, 0) is 62.8 Å². The molecule has 1 fully saturated rings. The van der Waals surface area contributed by atoms with Crippen molar-refractivity contribution in [3.63, 3.8) is 0 Å². The molecule has 2 aromatic carbocycles. The Morgan fingerprint density at radius 1 is 1.10 bits per heavy atom. The molecule has 0 aliphatic carbocycles. The van der Waals surface area contributed by atoms with Crippen molar-refractivity contribution in [3.05, 3.63) is 77.1 Å². The normalized spacial score (nSPS) is 15.3. The number of ether oxygens (including phenoxy) is 1. The van der Waals surface area contributed by atoms with Crippen LogP contribution in [0, 0.1) is 19.3 Å². The molecule has 5 nitrogen and oxygen atoms in total. The number of benzene rings is 2. The molecule has 3 rings (SSSR count).